The maximum absolute atomic E-state index is 12.0. The number of nitrogens with zero attached hydrogens (tertiary/aromatic N) is 2. The van der Waals surface area contributed by atoms with Crippen LogP contribution in [-0.4, -0.2) is 35.3 Å². The monoisotopic (exact) mass is 288 g/mol. The van der Waals surface area contributed by atoms with Gasteiger partial charge < -0.3 is 15.4 Å². The Kier molecular flexibility index (Phi) is 4.68. The molecule has 2 amide bonds. The van der Waals surface area contributed by atoms with Gasteiger partial charge in [-0.15, -0.1) is 0 Å². The van der Waals surface area contributed by atoms with Crippen LogP contribution >= 0.6 is 0 Å². The summed E-state index contributed by atoms with van der Waals surface area (Å²) in [6.45, 7) is -0.0216. The van der Waals surface area contributed by atoms with Crippen LogP contribution in [0, 0.1) is 0 Å². The van der Waals surface area contributed by atoms with E-state index < -0.39 is 0 Å². The Hall–Kier alpha value is -2.67. The van der Waals surface area contributed by atoms with Crippen molar-refractivity contribution in [3.05, 3.63) is 42.2 Å². The summed E-state index contributed by atoms with van der Waals surface area (Å²) in [6.07, 6.45) is 3.11. The van der Waals surface area contributed by atoms with Gasteiger partial charge in [0.1, 0.15) is 6.61 Å². The van der Waals surface area contributed by atoms with Crippen LogP contribution in [0.15, 0.2) is 36.7 Å². The second-order valence-corrected chi connectivity index (χ2v) is 4.42. The SMILES string of the molecule is COCC(=O)Nc1cccc(NC(=O)c2cnn(C)c2)c1. The first-order valence-electron chi connectivity index (χ1n) is 6.27. The smallest absolute Gasteiger partial charge is 0.258 e. The summed E-state index contributed by atoms with van der Waals surface area (Å²) >= 11 is 0. The molecule has 7 heteroatoms. The minimum atomic E-state index is -0.261. The van der Waals surface area contributed by atoms with Crippen LogP contribution in [0.1, 0.15) is 10.4 Å². The molecule has 0 saturated heterocycles. The zero-order chi connectivity index (χ0) is 15.2. The Morgan fingerprint density at radius 3 is 2.62 bits per heavy atom. The van der Waals surface area contributed by atoms with Crippen molar-refractivity contribution in [1.82, 2.24) is 9.78 Å². The molecule has 1 aromatic carbocycles. The first-order chi connectivity index (χ1) is 10.1. The molecule has 0 aliphatic heterocycles. The molecule has 0 bridgehead atoms. The number of aryl methyl sites for hydroxylation is 1. The lowest BCUT2D eigenvalue weighted by Gasteiger charge is -2.08. The minimum absolute atomic E-state index is 0.0216. The van der Waals surface area contributed by atoms with Crippen LogP contribution in [0.5, 0.6) is 0 Å². The maximum Gasteiger partial charge on any atom is 0.258 e. The molecule has 1 heterocycles. The van der Waals surface area contributed by atoms with Crippen molar-refractivity contribution in [2.24, 2.45) is 7.05 Å². The first kappa shape index (κ1) is 14.7. The van der Waals surface area contributed by atoms with Gasteiger partial charge in [0.25, 0.3) is 5.91 Å². The van der Waals surface area contributed by atoms with E-state index >= 15 is 0 Å². The second-order valence-electron chi connectivity index (χ2n) is 4.42. The highest BCUT2D eigenvalue weighted by Crippen LogP contribution is 2.16. The number of hydrogen-bond donors (Lipinski definition) is 2. The molecule has 110 valence electrons. The summed E-state index contributed by atoms with van der Waals surface area (Å²) in [5, 5.41) is 9.35. The predicted molar refractivity (Wildman–Crippen MR) is 78.1 cm³/mol. The summed E-state index contributed by atoms with van der Waals surface area (Å²) < 4.78 is 6.29. The summed E-state index contributed by atoms with van der Waals surface area (Å²) in [5.41, 5.74) is 1.63. The molecule has 0 saturated carbocycles. The number of nitrogens with one attached hydrogen (secondary N) is 2. The number of anilines is 2. The third kappa shape index (κ3) is 4.15. The average Bonchev–Trinajstić information content (AvgIpc) is 2.86. The number of carbonyl (C=O) groups is 2. The Labute approximate surface area is 121 Å². The predicted octanol–water partition coefficient (Wildman–Crippen LogP) is 1.26. The number of hydrogen-bond acceptors (Lipinski definition) is 4. The van der Waals surface area contributed by atoms with E-state index in [0.717, 1.165) is 0 Å². The molecule has 1 aromatic heterocycles. The zero-order valence-electron chi connectivity index (χ0n) is 11.8. The Morgan fingerprint density at radius 1 is 1.29 bits per heavy atom. The van der Waals surface area contributed by atoms with Gasteiger partial charge in [0.15, 0.2) is 0 Å². The highest BCUT2D eigenvalue weighted by atomic mass is 16.5. The molecule has 0 spiro atoms. The molecular weight excluding hydrogens is 272 g/mol. The first-order valence-corrected chi connectivity index (χ1v) is 6.27. The van der Waals surface area contributed by atoms with Crippen LogP contribution < -0.4 is 10.6 Å². The maximum atomic E-state index is 12.0. The number of aromatic nitrogens is 2. The lowest BCUT2D eigenvalue weighted by molar-refractivity contribution is -0.119. The molecule has 2 rings (SSSR count). The normalized spacial score (nSPS) is 10.2. The topological polar surface area (TPSA) is 85.2 Å². The van der Waals surface area contributed by atoms with Crippen molar-refractivity contribution in [2.45, 2.75) is 0 Å². The molecule has 0 aliphatic rings. The quantitative estimate of drug-likeness (QED) is 0.867. The third-order valence-electron chi connectivity index (χ3n) is 2.65. The fourth-order valence-corrected chi connectivity index (χ4v) is 1.74. The van der Waals surface area contributed by atoms with Gasteiger partial charge in [0.05, 0.1) is 11.8 Å². The highest BCUT2D eigenvalue weighted by molar-refractivity contribution is 6.04. The summed E-state index contributed by atoms with van der Waals surface area (Å²) in [7, 11) is 3.19. The van der Waals surface area contributed by atoms with Crippen molar-refractivity contribution in [3.8, 4) is 0 Å². The molecule has 0 aliphatic carbocycles. The van der Waals surface area contributed by atoms with E-state index in [4.69, 9.17) is 4.74 Å². The Bertz CT molecular complexity index is 651. The van der Waals surface area contributed by atoms with Gasteiger partial charge in [-0.05, 0) is 18.2 Å². The fourth-order valence-electron chi connectivity index (χ4n) is 1.74. The highest BCUT2D eigenvalue weighted by Gasteiger charge is 2.09. The van der Waals surface area contributed by atoms with Crippen LogP contribution in [0.2, 0.25) is 0 Å². The van der Waals surface area contributed by atoms with E-state index in [1.165, 1.54) is 13.3 Å². The van der Waals surface area contributed by atoms with E-state index in [1.807, 2.05) is 0 Å². The number of amides is 2. The van der Waals surface area contributed by atoms with Crippen molar-refractivity contribution < 1.29 is 14.3 Å². The number of methoxy groups -OCH3 is 1. The van der Waals surface area contributed by atoms with E-state index in [2.05, 4.69) is 15.7 Å². The van der Waals surface area contributed by atoms with Gasteiger partial charge in [-0.1, -0.05) is 6.07 Å². The average molecular weight is 288 g/mol. The van der Waals surface area contributed by atoms with Gasteiger partial charge in [-0.3, -0.25) is 14.3 Å². The van der Waals surface area contributed by atoms with E-state index in [0.29, 0.717) is 16.9 Å². The van der Waals surface area contributed by atoms with Gasteiger partial charge in [0.2, 0.25) is 5.91 Å². The van der Waals surface area contributed by atoms with Crippen molar-refractivity contribution >= 4 is 23.2 Å². The van der Waals surface area contributed by atoms with Gasteiger partial charge in [0, 0.05) is 31.7 Å². The fraction of sp³-hybridized carbons (Fsp3) is 0.214. The largest absolute Gasteiger partial charge is 0.375 e. The lowest BCUT2D eigenvalue weighted by Crippen LogP contribution is -2.17. The third-order valence-corrected chi connectivity index (χ3v) is 2.65. The van der Waals surface area contributed by atoms with Crippen molar-refractivity contribution in [2.75, 3.05) is 24.4 Å². The van der Waals surface area contributed by atoms with Crippen molar-refractivity contribution in [3.63, 3.8) is 0 Å². The second kappa shape index (κ2) is 6.67. The summed E-state index contributed by atoms with van der Waals surface area (Å²) in [6, 6.07) is 6.87. The molecule has 2 aromatic rings. The Balaban J connectivity index is 2.04. The van der Waals surface area contributed by atoms with Crippen LogP contribution in [0.3, 0.4) is 0 Å². The standard InChI is InChI=1S/C14H16N4O3/c1-18-8-10(7-15-18)14(20)17-12-5-3-4-11(6-12)16-13(19)9-21-2/h3-8H,9H2,1-2H3,(H,16,19)(H,17,20). The van der Waals surface area contributed by atoms with Crippen molar-refractivity contribution in [1.29, 1.82) is 0 Å². The molecule has 0 fully saturated rings. The molecule has 0 atom stereocenters. The molecular formula is C14H16N4O3. The zero-order valence-corrected chi connectivity index (χ0v) is 11.8. The molecule has 21 heavy (non-hydrogen) atoms. The van der Waals surface area contributed by atoms with Gasteiger partial charge in [-0.2, -0.15) is 5.10 Å². The van der Waals surface area contributed by atoms with Gasteiger partial charge in [-0.25, -0.2) is 0 Å². The molecule has 0 radical (unpaired) electrons. The minimum Gasteiger partial charge on any atom is -0.375 e. The lowest BCUT2D eigenvalue weighted by atomic mass is 10.2. The summed E-state index contributed by atoms with van der Waals surface area (Å²) in [4.78, 5) is 23.4. The van der Waals surface area contributed by atoms with Crippen LogP contribution in [0.25, 0.3) is 0 Å². The van der Waals surface area contributed by atoms with Crippen LogP contribution in [-0.2, 0) is 16.6 Å². The van der Waals surface area contributed by atoms with Crippen LogP contribution in [0.4, 0.5) is 11.4 Å². The summed E-state index contributed by atoms with van der Waals surface area (Å²) in [5.74, 6) is -0.517. The van der Waals surface area contributed by atoms with Gasteiger partial charge >= 0.3 is 0 Å². The number of benzene rings is 1. The van der Waals surface area contributed by atoms with E-state index in [9.17, 15) is 9.59 Å². The molecule has 0 unspecified atom stereocenters. The number of ether oxygens (including phenoxy) is 1. The van der Waals surface area contributed by atoms with E-state index in [1.54, 1.807) is 42.2 Å². The van der Waals surface area contributed by atoms with E-state index in [-0.39, 0.29) is 18.4 Å². The number of rotatable bonds is 5. The number of carbonyl (C=O) groups excluding carboxylic acids is 2. The Morgan fingerprint density at radius 2 is 2.00 bits per heavy atom. The molecule has 2 N–H and O–H groups in total. The molecule has 7 nitrogen and oxygen atoms in total.